The van der Waals surface area contributed by atoms with Crippen molar-refractivity contribution < 1.29 is 9.90 Å². The molecule has 1 aromatic rings. The third kappa shape index (κ3) is 6.74. The molecule has 0 aliphatic heterocycles. The monoisotopic (exact) mass is 255 g/mol. The van der Waals surface area contributed by atoms with E-state index >= 15 is 0 Å². The molecule has 0 radical (unpaired) electrons. The summed E-state index contributed by atoms with van der Waals surface area (Å²) in [5.41, 5.74) is 1.54. The molecule has 0 aromatic carbocycles. The summed E-state index contributed by atoms with van der Waals surface area (Å²) in [6, 6.07) is 3.99. The van der Waals surface area contributed by atoms with Gasteiger partial charge in [-0.05, 0) is 37.3 Å². The summed E-state index contributed by atoms with van der Waals surface area (Å²) in [6.45, 7) is 3.50. The Labute approximate surface area is 108 Å². The summed E-state index contributed by atoms with van der Waals surface area (Å²) in [7, 11) is 0. The zero-order valence-electron chi connectivity index (χ0n) is 9.76. The van der Waals surface area contributed by atoms with Gasteiger partial charge in [0.25, 0.3) is 0 Å². The number of carboxylic acids is 1. The lowest BCUT2D eigenvalue weighted by Gasteiger charge is -2.01. The van der Waals surface area contributed by atoms with E-state index in [1.165, 1.54) is 5.56 Å². The van der Waals surface area contributed by atoms with Gasteiger partial charge in [-0.15, -0.1) is 12.4 Å². The average Bonchev–Trinajstić information content (AvgIpc) is 2.29. The second kappa shape index (κ2) is 8.76. The number of aryl methyl sites for hydroxylation is 1. The van der Waals surface area contributed by atoms with Crippen molar-refractivity contribution in [2.75, 3.05) is 0 Å². The number of carbonyl (C=O) groups is 1. The molecule has 1 N–H and O–H groups in total. The van der Waals surface area contributed by atoms with Crippen molar-refractivity contribution in [1.82, 2.24) is 4.98 Å². The fourth-order valence-electron chi connectivity index (χ4n) is 1.50. The predicted molar refractivity (Wildman–Crippen MR) is 70.4 cm³/mol. The van der Waals surface area contributed by atoms with Gasteiger partial charge >= 0.3 is 5.97 Å². The molecule has 0 saturated heterocycles. The zero-order chi connectivity index (χ0) is 11.8. The molecule has 0 fully saturated rings. The topological polar surface area (TPSA) is 50.2 Å². The minimum Gasteiger partial charge on any atom is -0.478 e. The highest BCUT2D eigenvalue weighted by atomic mass is 35.5. The molecule has 0 spiro atoms. The number of hydrogen-bond donors (Lipinski definition) is 1. The first-order valence-corrected chi connectivity index (χ1v) is 5.50. The largest absolute Gasteiger partial charge is 0.478 e. The summed E-state index contributed by atoms with van der Waals surface area (Å²) >= 11 is 0. The second-order valence-electron chi connectivity index (χ2n) is 3.83. The summed E-state index contributed by atoms with van der Waals surface area (Å²) in [4.78, 5) is 14.5. The van der Waals surface area contributed by atoms with Gasteiger partial charge in [0.1, 0.15) is 0 Å². The number of aromatic nitrogens is 1. The standard InChI is InChI=1S/C13H17NO2.ClH/c1-11(13(15)16)6-3-2-4-7-12-8-5-9-14-10-12;/h5,8-10H,1-4,6-7H2,(H,15,16);1H. The Balaban J connectivity index is 0.00000256. The van der Waals surface area contributed by atoms with Crippen LogP contribution in [0.25, 0.3) is 0 Å². The van der Waals surface area contributed by atoms with Gasteiger partial charge < -0.3 is 5.11 Å². The van der Waals surface area contributed by atoms with Crippen LogP contribution in [0.1, 0.15) is 31.2 Å². The smallest absolute Gasteiger partial charge is 0.330 e. The maximum Gasteiger partial charge on any atom is 0.330 e. The molecule has 0 aliphatic carbocycles. The Kier molecular flexibility index (Phi) is 8.07. The number of nitrogens with zero attached hydrogens (tertiary/aromatic N) is 1. The fourth-order valence-corrected chi connectivity index (χ4v) is 1.50. The van der Waals surface area contributed by atoms with Gasteiger partial charge in [0.2, 0.25) is 0 Å². The van der Waals surface area contributed by atoms with Gasteiger partial charge in [-0.3, -0.25) is 4.98 Å². The number of unbranched alkanes of at least 4 members (excludes halogenated alkanes) is 2. The summed E-state index contributed by atoms with van der Waals surface area (Å²) < 4.78 is 0. The van der Waals surface area contributed by atoms with Gasteiger partial charge in [0, 0.05) is 18.0 Å². The molecule has 1 aromatic heterocycles. The molecule has 17 heavy (non-hydrogen) atoms. The number of pyridine rings is 1. The molecule has 0 saturated carbocycles. The fraction of sp³-hybridized carbons (Fsp3) is 0.385. The second-order valence-corrected chi connectivity index (χ2v) is 3.83. The first kappa shape index (κ1) is 15.7. The van der Waals surface area contributed by atoms with E-state index < -0.39 is 5.97 Å². The van der Waals surface area contributed by atoms with Gasteiger partial charge in [-0.1, -0.05) is 19.1 Å². The van der Waals surface area contributed by atoms with Crippen LogP contribution in [-0.2, 0) is 11.2 Å². The van der Waals surface area contributed by atoms with E-state index in [2.05, 4.69) is 17.6 Å². The molecule has 0 aliphatic rings. The normalized spacial score (nSPS) is 9.41. The van der Waals surface area contributed by atoms with Crippen molar-refractivity contribution in [1.29, 1.82) is 0 Å². The lowest BCUT2D eigenvalue weighted by atomic mass is 10.1. The minimum atomic E-state index is -0.882. The number of rotatable bonds is 7. The number of carboxylic acid groups (broad SMARTS) is 1. The van der Waals surface area contributed by atoms with Crippen molar-refractivity contribution in [2.45, 2.75) is 32.1 Å². The quantitative estimate of drug-likeness (QED) is 0.601. The lowest BCUT2D eigenvalue weighted by molar-refractivity contribution is -0.132. The first-order chi connectivity index (χ1) is 7.70. The van der Waals surface area contributed by atoms with Crippen LogP contribution in [0.4, 0.5) is 0 Å². The molecule has 0 bridgehead atoms. The number of hydrogen-bond acceptors (Lipinski definition) is 2. The minimum absolute atomic E-state index is 0. The molecular weight excluding hydrogens is 238 g/mol. The van der Waals surface area contributed by atoms with Gasteiger partial charge in [-0.25, -0.2) is 4.79 Å². The zero-order valence-corrected chi connectivity index (χ0v) is 10.6. The van der Waals surface area contributed by atoms with Crippen LogP contribution >= 0.6 is 12.4 Å². The molecular formula is C13H18ClNO2. The molecule has 0 amide bonds. The Morgan fingerprint density at radius 3 is 2.71 bits per heavy atom. The first-order valence-electron chi connectivity index (χ1n) is 5.50. The average molecular weight is 256 g/mol. The number of aliphatic carboxylic acids is 1. The van der Waals surface area contributed by atoms with Crippen LogP contribution in [0.2, 0.25) is 0 Å². The summed E-state index contributed by atoms with van der Waals surface area (Å²) in [5.74, 6) is -0.882. The van der Waals surface area contributed by atoms with Crippen molar-refractivity contribution in [3.8, 4) is 0 Å². The molecule has 0 unspecified atom stereocenters. The highest BCUT2D eigenvalue weighted by Gasteiger charge is 2.02. The Hall–Kier alpha value is -1.35. The van der Waals surface area contributed by atoms with Crippen LogP contribution < -0.4 is 0 Å². The summed E-state index contributed by atoms with van der Waals surface area (Å²) in [5, 5.41) is 8.61. The SMILES string of the molecule is C=C(CCCCCc1cccnc1)C(=O)O.Cl. The maximum atomic E-state index is 10.5. The van der Waals surface area contributed by atoms with Gasteiger partial charge in [-0.2, -0.15) is 0 Å². The van der Waals surface area contributed by atoms with E-state index in [0.29, 0.717) is 12.0 Å². The van der Waals surface area contributed by atoms with Crippen molar-refractivity contribution in [3.05, 3.63) is 42.2 Å². The van der Waals surface area contributed by atoms with E-state index in [9.17, 15) is 4.79 Å². The third-order valence-electron chi connectivity index (χ3n) is 2.47. The molecule has 3 nitrogen and oxygen atoms in total. The molecule has 4 heteroatoms. The molecule has 1 rings (SSSR count). The van der Waals surface area contributed by atoms with Gasteiger partial charge in [0.15, 0.2) is 0 Å². The molecule has 0 atom stereocenters. The van der Waals surface area contributed by atoms with Crippen LogP contribution in [0.3, 0.4) is 0 Å². The van der Waals surface area contributed by atoms with Crippen molar-refractivity contribution >= 4 is 18.4 Å². The number of halogens is 1. The lowest BCUT2D eigenvalue weighted by Crippen LogP contribution is -1.98. The predicted octanol–water partition coefficient (Wildman–Crippen LogP) is 3.25. The Morgan fingerprint density at radius 1 is 1.35 bits per heavy atom. The highest BCUT2D eigenvalue weighted by molar-refractivity contribution is 5.85. The highest BCUT2D eigenvalue weighted by Crippen LogP contribution is 2.10. The Bertz CT molecular complexity index is 352. The van der Waals surface area contributed by atoms with E-state index in [-0.39, 0.29) is 12.4 Å². The van der Waals surface area contributed by atoms with E-state index in [1.807, 2.05) is 12.3 Å². The Morgan fingerprint density at radius 2 is 2.12 bits per heavy atom. The van der Waals surface area contributed by atoms with Crippen LogP contribution in [0.5, 0.6) is 0 Å². The van der Waals surface area contributed by atoms with E-state index in [4.69, 9.17) is 5.11 Å². The van der Waals surface area contributed by atoms with E-state index in [1.54, 1.807) is 6.20 Å². The van der Waals surface area contributed by atoms with Gasteiger partial charge in [0.05, 0.1) is 0 Å². The van der Waals surface area contributed by atoms with Crippen LogP contribution in [0, 0.1) is 0 Å². The third-order valence-corrected chi connectivity index (χ3v) is 2.47. The van der Waals surface area contributed by atoms with E-state index in [0.717, 1.165) is 25.7 Å². The molecule has 94 valence electrons. The van der Waals surface area contributed by atoms with Crippen molar-refractivity contribution in [2.24, 2.45) is 0 Å². The maximum absolute atomic E-state index is 10.5. The summed E-state index contributed by atoms with van der Waals surface area (Å²) in [6.07, 6.45) is 8.22. The van der Waals surface area contributed by atoms with Crippen LogP contribution in [-0.4, -0.2) is 16.1 Å². The van der Waals surface area contributed by atoms with Crippen molar-refractivity contribution in [3.63, 3.8) is 0 Å². The van der Waals surface area contributed by atoms with Crippen LogP contribution in [0.15, 0.2) is 36.7 Å². The molecule has 1 heterocycles.